The first kappa shape index (κ1) is 21.5. The van der Waals surface area contributed by atoms with Gasteiger partial charge in [0.1, 0.15) is 11.9 Å². The van der Waals surface area contributed by atoms with Crippen molar-refractivity contribution in [2.45, 2.75) is 44.7 Å². The van der Waals surface area contributed by atoms with Crippen LogP contribution in [0.4, 0.5) is 33.7 Å². The smallest absolute Gasteiger partial charge is 0.377 e. The Hall–Kier alpha value is -2.76. The average molecular weight is 445 g/mol. The molecule has 2 aliphatic rings. The molecule has 168 valence electrons. The number of rotatable bonds is 3. The first-order chi connectivity index (χ1) is 14.7. The minimum atomic E-state index is -4.63. The Labute approximate surface area is 174 Å². The zero-order chi connectivity index (χ0) is 22.3. The summed E-state index contributed by atoms with van der Waals surface area (Å²) in [7, 11) is 0. The third-order valence-electron chi connectivity index (χ3n) is 5.47. The second kappa shape index (κ2) is 8.06. The van der Waals surface area contributed by atoms with Crippen molar-refractivity contribution in [3.63, 3.8) is 0 Å². The largest absolute Gasteiger partial charge is 0.408 e. The Morgan fingerprint density at radius 2 is 2.00 bits per heavy atom. The fourth-order valence-corrected chi connectivity index (χ4v) is 3.97. The van der Waals surface area contributed by atoms with Gasteiger partial charge in [-0.25, -0.2) is 4.39 Å². The molecule has 4 heterocycles. The van der Waals surface area contributed by atoms with Gasteiger partial charge in [0.2, 0.25) is 11.8 Å². The molecule has 0 bridgehead atoms. The molecule has 4 rings (SSSR count). The number of pyridine rings is 1. The van der Waals surface area contributed by atoms with Gasteiger partial charge < -0.3 is 14.5 Å². The molecule has 0 N–H and O–H groups in total. The van der Waals surface area contributed by atoms with E-state index in [4.69, 9.17) is 4.74 Å². The van der Waals surface area contributed by atoms with E-state index in [0.29, 0.717) is 0 Å². The lowest BCUT2D eigenvalue weighted by Crippen LogP contribution is -2.53. The average Bonchev–Trinajstić information content (AvgIpc) is 2.71. The molecule has 0 saturated carbocycles. The first-order valence-corrected chi connectivity index (χ1v) is 9.74. The third kappa shape index (κ3) is 4.08. The molecule has 31 heavy (non-hydrogen) atoms. The van der Waals surface area contributed by atoms with Crippen LogP contribution in [0, 0.1) is 11.6 Å². The minimum absolute atomic E-state index is 0.169. The summed E-state index contributed by atoms with van der Waals surface area (Å²) in [5, 5.41) is 0. The van der Waals surface area contributed by atoms with E-state index in [0.717, 1.165) is 21.7 Å². The van der Waals surface area contributed by atoms with E-state index in [1.54, 1.807) is 6.92 Å². The van der Waals surface area contributed by atoms with Crippen LogP contribution in [0.25, 0.3) is 0 Å². The van der Waals surface area contributed by atoms with Crippen LogP contribution in [0.1, 0.15) is 18.9 Å². The topological polar surface area (TPSA) is 63.5 Å². The van der Waals surface area contributed by atoms with Crippen LogP contribution < -0.4 is 15.4 Å². The maximum absolute atomic E-state index is 14.9. The fraction of sp³-hybridized carbons (Fsp3) is 0.526. The van der Waals surface area contributed by atoms with E-state index < -0.39 is 42.4 Å². The fourth-order valence-electron chi connectivity index (χ4n) is 3.97. The zero-order valence-corrected chi connectivity index (χ0v) is 16.6. The molecule has 2 atom stereocenters. The van der Waals surface area contributed by atoms with Crippen LogP contribution in [0.5, 0.6) is 0 Å². The molecule has 0 aromatic carbocycles. The van der Waals surface area contributed by atoms with E-state index in [1.807, 2.05) is 0 Å². The van der Waals surface area contributed by atoms with Gasteiger partial charge in [-0.05, 0) is 25.0 Å². The quantitative estimate of drug-likeness (QED) is 0.677. The number of nitrogens with zero attached hydrogens (tertiary/aromatic N) is 5. The molecule has 1 fully saturated rings. The summed E-state index contributed by atoms with van der Waals surface area (Å²) in [6, 6.07) is -1.23. The molecule has 0 aliphatic carbocycles. The zero-order valence-electron chi connectivity index (χ0n) is 16.6. The van der Waals surface area contributed by atoms with Gasteiger partial charge in [-0.3, -0.25) is 14.3 Å². The van der Waals surface area contributed by atoms with Gasteiger partial charge in [0, 0.05) is 25.8 Å². The molecule has 12 heteroatoms. The molecule has 2 aliphatic heterocycles. The van der Waals surface area contributed by atoms with Crippen molar-refractivity contribution in [3.05, 3.63) is 46.0 Å². The highest BCUT2D eigenvalue weighted by Crippen LogP contribution is 2.36. The SMILES string of the molecule is C[C@@H]1COCCN1c1nc2n(c(=O)c1F)CC[C@@H](C(F)(F)F)N2Cc1cncc(F)c1. The molecule has 0 radical (unpaired) electrons. The van der Waals surface area contributed by atoms with Crippen molar-refractivity contribution < 1.29 is 26.7 Å². The Balaban J connectivity index is 1.83. The highest BCUT2D eigenvalue weighted by atomic mass is 19.4. The molecule has 2 aromatic rings. The molecule has 0 unspecified atom stereocenters. The van der Waals surface area contributed by atoms with E-state index in [2.05, 4.69) is 9.97 Å². The van der Waals surface area contributed by atoms with Crippen molar-refractivity contribution in [2.24, 2.45) is 0 Å². The maximum atomic E-state index is 14.9. The summed E-state index contributed by atoms with van der Waals surface area (Å²) in [4.78, 5) is 22.9. The van der Waals surface area contributed by atoms with Gasteiger partial charge >= 0.3 is 6.18 Å². The van der Waals surface area contributed by atoms with Gasteiger partial charge in [0.05, 0.1) is 25.5 Å². The number of halogens is 5. The van der Waals surface area contributed by atoms with Gasteiger partial charge in [-0.1, -0.05) is 0 Å². The molecular weight excluding hydrogens is 425 g/mol. The van der Waals surface area contributed by atoms with Crippen molar-refractivity contribution in [1.82, 2.24) is 14.5 Å². The number of ether oxygens (including phenoxy) is 1. The third-order valence-corrected chi connectivity index (χ3v) is 5.47. The number of aromatic nitrogens is 3. The Bertz CT molecular complexity index is 1030. The molecule has 1 saturated heterocycles. The van der Waals surface area contributed by atoms with Crippen LogP contribution in [0.3, 0.4) is 0 Å². The van der Waals surface area contributed by atoms with Crippen LogP contribution in [0.15, 0.2) is 23.3 Å². The highest BCUT2D eigenvalue weighted by Gasteiger charge is 2.47. The number of anilines is 2. The predicted octanol–water partition coefficient (Wildman–Crippen LogP) is 2.48. The van der Waals surface area contributed by atoms with Gasteiger partial charge in [-0.2, -0.15) is 22.5 Å². The normalized spacial score (nSPS) is 21.9. The molecule has 0 amide bonds. The summed E-state index contributed by atoms with van der Waals surface area (Å²) in [5.41, 5.74) is -0.871. The van der Waals surface area contributed by atoms with Crippen molar-refractivity contribution in [3.8, 4) is 0 Å². The van der Waals surface area contributed by atoms with Gasteiger partial charge in [0.25, 0.3) is 5.56 Å². The molecule has 2 aromatic heterocycles. The molecular formula is C19H20F5N5O2. The summed E-state index contributed by atoms with van der Waals surface area (Å²) < 4.78 is 76.1. The summed E-state index contributed by atoms with van der Waals surface area (Å²) in [5.74, 6) is -2.43. The molecule has 7 nitrogen and oxygen atoms in total. The second-order valence-electron chi connectivity index (χ2n) is 7.61. The number of hydrogen-bond acceptors (Lipinski definition) is 6. The van der Waals surface area contributed by atoms with Crippen molar-refractivity contribution in [2.75, 3.05) is 29.6 Å². The summed E-state index contributed by atoms with van der Waals surface area (Å²) in [6.07, 6.45) is -2.93. The molecule has 0 spiro atoms. The van der Waals surface area contributed by atoms with Crippen LogP contribution in [0.2, 0.25) is 0 Å². The predicted molar refractivity (Wildman–Crippen MR) is 101 cm³/mol. The highest BCUT2D eigenvalue weighted by molar-refractivity contribution is 5.49. The van der Waals surface area contributed by atoms with E-state index >= 15 is 0 Å². The lowest BCUT2D eigenvalue weighted by molar-refractivity contribution is -0.153. The van der Waals surface area contributed by atoms with E-state index in [9.17, 15) is 26.7 Å². The number of fused-ring (bicyclic) bond motifs is 1. The lowest BCUT2D eigenvalue weighted by atomic mass is 10.1. The van der Waals surface area contributed by atoms with Crippen LogP contribution in [-0.4, -0.2) is 52.6 Å². The van der Waals surface area contributed by atoms with Gasteiger partial charge in [0.15, 0.2) is 5.82 Å². The minimum Gasteiger partial charge on any atom is -0.377 e. The van der Waals surface area contributed by atoms with Gasteiger partial charge in [-0.15, -0.1) is 0 Å². The first-order valence-electron chi connectivity index (χ1n) is 9.74. The van der Waals surface area contributed by atoms with Crippen LogP contribution in [-0.2, 0) is 17.8 Å². The summed E-state index contributed by atoms with van der Waals surface area (Å²) in [6.45, 7) is 1.79. The monoisotopic (exact) mass is 445 g/mol. The van der Waals surface area contributed by atoms with Crippen molar-refractivity contribution in [1.29, 1.82) is 0 Å². The number of hydrogen-bond donors (Lipinski definition) is 0. The van der Waals surface area contributed by atoms with E-state index in [-0.39, 0.29) is 49.7 Å². The lowest BCUT2D eigenvalue weighted by Gasteiger charge is -2.40. The Kier molecular flexibility index (Phi) is 5.58. The number of alkyl halides is 3. The van der Waals surface area contributed by atoms with Crippen LogP contribution >= 0.6 is 0 Å². The Morgan fingerprint density at radius 3 is 2.68 bits per heavy atom. The van der Waals surface area contributed by atoms with Crippen molar-refractivity contribution >= 4 is 11.8 Å². The summed E-state index contributed by atoms with van der Waals surface area (Å²) >= 11 is 0. The van der Waals surface area contributed by atoms with E-state index in [1.165, 1.54) is 11.1 Å². The maximum Gasteiger partial charge on any atom is 0.408 e. The second-order valence-corrected chi connectivity index (χ2v) is 7.61. The standard InChI is InChI=1S/C19H20F5N5O2/c1-11-10-31-5-4-27(11)16-15(21)17(30)28-3-2-14(19(22,23)24)29(18(28)26-16)9-12-6-13(20)8-25-7-12/h6-8,11,14H,2-5,9-10H2,1H3/t11-,14+/m1/s1. The number of morpholine rings is 1. The Morgan fingerprint density at radius 1 is 1.23 bits per heavy atom.